The van der Waals surface area contributed by atoms with Crippen LogP contribution in [0.2, 0.25) is 0 Å². The van der Waals surface area contributed by atoms with Crippen molar-refractivity contribution in [2.45, 2.75) is 12.8 Å². The van der Waals surface area contributed by atoms with E-state index < -0.39 is 0 Å². The van der Waals surface area contributed by atoms with Gasteiger partial charge in [0.2, 0.25) is 0 Å². The Bertz CT molecular complexity index is 1610. The van der Waals surface area contributed by atoms with Crippen molar-refractivity contribution in [3.05, 3.63) is 107 Å². The molecule has 2 N–H and O–H groups in total. The maximum absolute atomic E-state index is 8.90. The van der Waals surface area contributed by atoms with E-state index in [0.29, 0.717) is 12.8 Å². The zero-order chi connectivity index (χ0) is 25.6. The van der Waals surface area contributed by atoms with Gasteiger partial charge >= 0.3 is 0 Å². The second-order valence-corrected chi connectivity index (χ2v) is 9.28. The molecule has 0 radical (unpaired) electrons. The molecule has 0 saturated carbocycles. The minimum absolute atomic E-state index is 0.175. The Balaban J connectivity index is 0.000000152. The van der Waals surface area contributed by atoms with E-state index in [9.17, 15) is 0 Å². The van der Waals surface area contributed by atoms with E-state index in [0.717, 1.165) is 49.1 Å². The van der Waals surface area contributed by atoms with E-state index in [2.05, 4.69) is 36.1 Å². The predicted molar refractivity (Wildman–Crippen MR) is 146 cm³/mol. The average Bonchev–Trinajstić information content (AvgIpc) is 3.56. The molecule has 0 saturated heterocycles. The highest BCUT2D eigenvalue weighted by Crippen LogP contribution is 2.22. The molecule has 0 bridgehead atoms. The van der Waals surface area contributed by atoms with Crippen LogP contribution in [0.3, 0.4) is 0 Å². The Morgan fingerprint density at radius 3 is 1.78 bits per heavy atom. The standard InChI is InChI=1S/C14H12BrN3O.C14H13N3O/c15-13-8-17-18-9-12(7-16-14(13)18)11-3-1-10(2-4-11)5-6-19;18-8-6-11-1-3-12(4-2-11)13-9-15-14-5-7-16-17(14)10-13/h1-4,7-9,19H,5-6H2;1-5,7,9-10,18H,6,8H2. The first-order chi connectivity index (χ1) is 18.1. The third kappa shape index (κ3) is 5.75. The molecule has 4 aromatic heterocycles. The molecule has 6 aromatic rings. The Labute approximate surface area is 222 Å². The van der Waals surface area contributed by atoms with Crippen LogP contribution >= 0.6 is 15.9 Å². The van der Waals surface area contributed by atoms with Crippen molar-refractivity contribution in [1.82, 2.24) is 29.2 Å². The number of halogens is 1. The first-order valence-electron chi connectivity index (χ1n) is 11.8. The lowest BCUT2D eigenvalue weighted by Gasteiger charge is -2.04. The van der Waals surface area contributed by atoms with Gasteiger partial charge in [-0.3, -0.25) is 0 Å². The lowest BCUT2D eigenvalue weighted by molar-refractivity contribution is 0.299. The molecule has 2 aromatic carbocycles. The second-order valence-electron chi connectivity index (χ2n) is 8.42. The minimum Gasteiger partial charge on any atom is -0.396 e. The molecular formula is C28H25BrN6O2. The molecule has 186 valence electrons. The summed E-state index contributed by atoms with van der Waals surface area (Å²) >= 11 is 3.40. The first kappa shape index (κ1) is 24.8. The quantitative estimate of drug-likeness (QED) is 0.310. The SMILES string of the molecule is OCCc1ccc(-c2cnc3c(Br)cnn3c2)cc1.OCCc1ccc(-c2cnc3ccnn3c2)cc1. The van der Waals surface area contributed by atoms with Crippen molar-refractivity contribution < 1.29 is 10.2 Å². The Kier molecular flexibility index (Phi) is 7.65. The number of fused-ring (bicyclic) bond motifs is 2. The van der Waals surface area contributed by atoms with Crippen LogP contribution in [0.25, 0.3) is 33.5 Å². The van der Waals surface area contributed by atoms with Crippen molar-refractivity contribution in [3.8, 4) is 22.3 Å². The summed E-state index contributed by atoms with van der Waals surface area (Å²) in [5, 5.41) is 26.2. The maximum Gasteiger partial charge on any atom is 0.169 e. The third-order valence-corrected chi connectivity index (χ3v) is 6.49. The van der Waals surface area contributed by atoms with Gasteiger partial charge in [0.15, 0.2) is 11.3 Å². The molecule has 4 heterocycles. The van der Waals surface area contributed by atoms with Gasteiger partial charge in [-0.1, -0.05) is 48.5 Å². The number of hydrogen-bond donors (Lipinski definition) is 2. The van der Waals surface area contributed by atoms with Gasteiger partial charge in [-0.15, -0.1) is 0 Å². The molecule has 8 nitrogen and oxygen atoms in total. The average molecular weight is 557 g/mol. The van der Waals surface area contributed by atoms with Crippen LogP contribution in [0, 0.1) is 0 Å². The minimum atomic E-state index is 0.175. The van der Waals surface area contributed by atoms with Crippen molar-refractivity contribution in [1.29, 1.82) is 0 Å². The Hall–Kier alpha value is -3.92. The van der Waals surface area contributed by atoms with Gasteiger partial charge in [0.05, 0.1) is 16.9 Å². The number of nitrogens with zero attached hydrogens (tertiary/aromatic N) is 6. The molecule has 0 unspecified atom stereocenters. The largest absolute Gasteiger partial charge is 0.396 e. The van der Waals surface area contributed by atoms with E-state index in [1.54, 1.807) is 21.4 Å². The van der Waals surface area contributed by atoms with Crippen LogP contribution in [-0.4, -0.2) is 52.6 Å². The molecule has 6 rings (SSSR count). The van der Waals surface area contributed by atoms with Crippen LogP contribution in [-0.2, 0) is 12.8 Å². The van der Waals surface area contributed by atoms with Crippen LogP contribution in [0.15, 0.2) is 96.3 Å². The molecule has 0 fully saturated rings. The molecule has 0 aliphatic heterocycles. The van der Waals surface area contributed by atoms with Gasteiger partial charge in [0.25, 0.3) is 0 Å². The molecular weight excluding hydrogens is 532 g/mol. The number of rotatable bonds is 6. The molecule has 0 atom stereocenters. The van der Waals surface area contributed by atoms with Gasteiger partial charge in [0, 0.05) is 55.2 Å². The summed E-state index contributed by atoms with van der Waals surface area (Å²) < 4.78 is 4.40. The summed E-state index contributed by atoms with van der Waals surface area (Å²) in [4.78, 5) is 8.73. The lowest BCUT2D eigenvalue weighted by atomic mass is 10.1. The summed E-state index contributed by atoms with van der Waals surface area (Å²) in [6.45, 7) is 0.355. The summed E-state index contributed by atoms with van der Waals surface area (Å²) in [6, 6.07) is 18.1. The van der Waals surface area contributed by atoms with E-state index in [-0.39, 0.29) is 13.2 Å². The van der Waals surface area contributed by atoms with E-state index in [1.807, 2.05) is 79.4 Å². The van der Waals surface area contributed by atoms with Crippen molar-refractivity contribution >= 4 is 27.2 Å². The highest BCUT2D eigenvalue weighted by molar-refractivity contribution is 9.10. The first-order valence-corrected chi connectivity index (χ1v) is 12.6. The Morgan fingerprint density at radius 2 is 1.19 bits per heavy atom. The van der Waals surface area contributed by atoms with E-state index >= 15 is 0 Å². The normalized spacial score (nSPS) is 11.0. The third-order valence-electron chi connectivity index (χ3n) is 5.94. The van der Waals surface area contributed by atoms with Crippen molar-refractivity contribution in [2.75, 3.05) is 13.2 Å². The van der Waals surface area contributed by atoms with Gasteiger partial charge in [-0.25, -0.2) is 19.0 Å². The Morgan fingerprint density at radius 1 is 0.622 bits per heavy atom. The smallest absolute Gasteiger partial charge is 0.169 e. The van der Waals surface area contributed by atoms with E-state index in [4.69, 9.17) is 10.2 Å². The maximum atomic E-state index is 8.90. The van der Waals surface area contributed by atoms with Gasteiger partial charge in [-0.2, -0.15) is 10.2 Å². The fraction of sp³-hybridized carbons (Fsp3) is 0.143. The number of benzene rings is 2. The molecule has 0 amide bonds. The summed E-state index contributed by atoms with van der Waals surface area (Å²) in [6.07, 6.45) is 12.4. The highest BCUT2D eigenvalue weighted by atomic mass is 79.9. The molecule has 0 spiro atoms. The summed E-state index contributed by atoms with van der Waals surface area (Å²) in [5.41, 5.74) is 8.14. The molecule has 37 heavy (non-hydrogen) atoms. The van der Waals surface area contributed by atoms with Gasteiger partial charge in [-0.05, 0) is 51.0 Å². The molecule has 0 aliphatic carbocycles. The van der Waals surface area contributed by atoms with E-state index in [1.165, 1.54) is 0 Å². The fourth-order valence-electron chi connectivity index (χ4n) is 3.94. The number of aliphatic hydroxyl groups excluding tert-OH is 2. The van der Waals surface area contributed by atoms with Crippen molar-refractivity contribution in [2.24, 2.45) is 0 Å². The highest BCUT2D eigenvalue weighted by Gasteiger charge is 2.05. The lowest BCUT2D eigenvalue weighted by Crippen LogP contribution is -1.93. The number of aromatic nitrogens is 6. The van der Waals surface area contributed by atoms with Crippen LogP contribution < -0.4 is 0 Å². The summed E-state index contributed by atoms with van der Waals surface area (Å²) in [5.74, 6) is 0. The van der Waals surface area contributed by atoms with Gasteiger partial charge in [0.1, 0.15) is 0 Å². The van der Waals surface area contributed by atoms with Crippen LogP contribution in [0.4, 0.5) is 0 Å². The van der Waals surface area contributed by atoms with Crippen molar-refractivity contribution in [3.63, 3.8) is 0 Å². The van der Waals surface area contributed by atoms with Crippen LogP contribution in [0.1, 0.15) is 11.1 Å². The topological polar surface area (TPSA) is 101 Å². The molecule has 9 heteroatoms. The molecule has 0 aliphatic rings. The van der Waals surface area contributed by atoms with Crippen LogP contribution in [0.5, 0.6) is 0 Å². The van der Waals surface area contributed by atoms with Gasteiger partial charge < -0.3 is 10.2 Å². The second kappa shape index (κ2) is 11.4. The fourth-order valence-corrected chi connectivity index (χ4v) is 4.32. The predicted octanol–water partition coefficient (Wildman–Crippen LogP) is 4.62. The number of aliphatic hydroxyl groups is 2. The monoisotopic (exact) mass is 556 g/mol. The zero-order valence-electron chi connectivity index (χ0n) is 19.9. The number of hydrogen-bond acceptors (Lipinski definition) is 6. The summed E-state index contributed by atoms with van der Waals surface area (Å²) in [7, 11) is 0. The zero-order valence-corrected chi connectivity index (χ0v) is 21.5.